The van der Waals surface area contributed by atoms with Crippen molar-refractivity contribution in [3.8, 4) is 11.5 Å². The van der Waals surface area contributed by atoms with Crippen LogP contribution in [0.25, 0.3) is 0 Å². The molecule has 0 bridgehead atoms. The molecular formula is C14H19NO4. The third-order valence-electron chi connectivity index (χ3n) is 2.43. The molecule has 5 nitrogen and oxygen atoms in total. The molecule has 0 aliphatic carbocycles. The van der Waals surface area contributed by atoms with Crippen molar-refractivity contribution < 1.29 is 19.1 Å². The van der Waals surface area contributed by atoms with Gasteiger partial charge in [0.25, 0.3) is 0 Å². The quantitative estimate of drug-likeness (QED) is 0.663. The molecule has 0 saturated carbocycles. The average molecular weight is 265 g/mol. The standard InChI is InChI=1S/C14H19NO4/c1-8(2)13(16)19-12-9(3)6-5-7-11(12)18-14(17)10(4)15/h5-8,10H,15H2,1-4H3. The topological polar surface area (TPSA) is 78.6 Å². The molecular weight excluding hydrogens is 246 g/mol. The van der Waals surface area contributed by atoms with E-state index in [0.717, 1.165) is 0 Å². The first kappa shape index (κ1) is 15.2. The van der Waals surface area contributed by atoms with E-state index in [-0.39, 0.29) is 23.4 Å². The highest BCUT2D eigenvalue weighted by Crippen LogP contribution is 2.31. The van der Waals surface area contributed by atoms with Crippen molar-refractivity contribution >= 4 is 11.9 Å². The predicted octanol–water partition coefficient (Wildman–Crippen LogP) is 1.81. The molecule has 0 aromatic heterocycles. The SMILES string of the molecule is Cc1cccc(OC(=O)C(C)N)c1OC(=O)C(C)C. The lowest BCUT2D eigenvalue weighted by Crippen LogP contribution is -2.31. The highest BCUT2D eigenvalue weighted by Gasteiger charge is 2.19. The van der Waals surface area contributed by atoms with E-state index in [1.807, 2.05) is 0 Å². The molecule has 0 saturated heterocycles. The van der Waals surface area contributed by atoms with Crippen molar-refractivity contribution in [3.63, 3.8) is 0 Å². The van der Waals surface area contributed by atoms with Crippen LogP contribution in [-0.2, 0) is 9.59 Å². The molecule has 19 heavy (non-hydrogen) atoms. The summed E-state index contributed by atoms with van der Waals surface area (Å²) in [4.78, 5) is 23.2. The van der Waals surface area contributed by atoms with Crippen LogP contribution in [0.2, 0.25) is 0 Å². The number of carbonyl (C=O) groups is 2. The number of para-hydroxylation sites is 1. The summed E-state index contributed by atoms with van der Waals surface area (Å²) in [5, 5.41) is 0. The summed E-state index contributed by atoms with van der Waals surface area (Å²) in [6.45, 7) is 6.76. The van der Waals surface area contributed by atoms with Crippen molar-refractivity contribution in [3.05, 3.63) is 23.8 Å². The molecule has 0 fully saturated rings. The summed E-state index contributed by atoms with van der Waals surface area (Å²) in [5.41, 5.74) is 6.15. The Bertz CT molecular complexity index is 480. The van der Waals surface area contributed by atoms with Gasteiger partial charge in [-0.25, -0.2) is 4.79 Å². The summed E-state index contributed by atoms with van der Waals surface area (Å²) < 4.78 is 10.4. The van der Waals surface area contributed by atoms with Gasteiger partial charge in [0, 0.05) is 0 Å². The van der Waals surface area contributed by atoms with Gasteiger partial charge in [-0.05, 0) is 25.5 Å². The van der Waals surface area contributed by atoms with E-state index in [9.17, 15) is 9.59 Å². The molecule has 2 N–H and O–H groups in total. The molecule has 1 atom stereocenters. The Labute approximate surface area is 112 Å². The van der Waals surface area contributed by atoms with Gasteiger partial charge in [-0.1, -0.05) is 26.0 Å². The molecule has 0 radical (unpaired) electrons. The summed E-state index contributed by atoms with van der Waals surface area (Å²) in [6.07, 6.45) is 0. The maximum absolute atomic E-state index is 11.6. The van der Waals surface area contributed by atoms with Gasteiger partial charge in [-0.3, -0.25) is 4.79 Å². The molecule has 0 amide bonds. The first-order valence-electron chi connectivity index (χ1n) is 6.11. The second-order valence-electron chi connectivity index (χ2n) is 4.69. The molecule has 1 aromatic carbocycles. The van der Waals surface area contributed by atoms with Crippen molar-refractivity contribution in [1.29, 1.82) is 0 Å². The normalized spacial score (nSPS) is 12.1. The van der Waals surface area contributed by atoms with Gasteiger partial charge in [0.1, 0.15) is 6.04 Å². The minimum atomic E-state index is -0.742. The highest BCUT2D eigenvalue weighted by molar-refractivity contribution is 5.80. The van der Waals surface area contributed by atoms with Gasteiger partial charge in [-0.15, -0.1) is 0 Å². The maximum Gasteiger partial charge on any atom is 0.328 e. The molecule has 1 aromatic rings. The molecule has 0 aliphatic rings. The molecule has 1 rings (SSSR count). The van der Waals surface area contributed by atoms with Crippen LogP contribution in [0.1, 0.15) is 26.3 Å². The van der Waals surface area contributed by atoms with Crippen LogP contribution in [0.4, 0.5) is 0 Å². The van der Waals surface area contributed by atoms with Crippen LogP contribution < -0.4 is 15.2 Å². The minimum absolute atomic E-state index is 0.205. The van der Waals surface area contributed by atoms with Crippen molar-refractivity contribution in [1.82, 2.24) is 0 Å². The second-order valence-corrected chi connectivity index (χ2v) is 4.69. The second kappa shape index (κ2) is 6.33. The Balaban J connectivity index is 3.02. The molecule has 1 unspecified atom stereocenters. The van der Waals surface area contributed by atoms with Crippen molar-refractivity contribution in [2.75, 3.05) is 0 Å². The monoisotopic (exact) mass is 265 g/mol. The number of esters is 2. The van der Waals surface area contributed by atoms with E-state index in [0.29, 0.717) is 5.56 Å². The van der Waals surface area contributed by atoms with Crippen LogP contribution in [0, 0.1) is 12.8 Å². The molecule has 0 heterocycles. The molecule has 5 heteroatoms. The highest BCUT2D eigenvalue weighted by atomic mass is 16.6. The van der Waals surface area contributed by atoms with Crippen molar-refractivity contribution in [2.24, 2.45) is 11.7 Å². The minimum Gasteiger partial charge on any atom is -0.422 e. The van der Waals surface area contributed by atoms with Gasteiger partial charge in [0.05, 0.1) is 5.92 Å². The third kappa shape index (κ3) is 4.06. The van der Waals surface area contributed by atoms with Crippen LogP contribution in [-0.4, -0.2) is 18.0 Å². The van der Waals surface area contributed by atoms with Crippen LogP contribution >= 0.6 is 0 Å². The zero-order valence-electron chi connectivity index (χ0n) is 11.6. The fourth-order valence-corrected chi connectivity index (χ4v) is 1.26. The van der Waals surface area contributed by atoms with Crippen LogP contribution in [0.5, 0.6) is 11.5 Å². The molecule has 0 spiro atoms. The first-order chi connectivity index (χ1) is 8.82. The van der Waals surface area contributed by atoms with Crippen molar-refractivity contribution in [2.45, 2.75) is 33.7 Å². The van der Waals surface area contributed by atoms with Gasteiger partial charge >= 0.3 is 11.9 Å². The van der Waals surface area contributed by atoms with E-state index in [1.165, 1.54) is 6.92 Å². The van der Waals surface area contributed by atoms with E-state index < -0.39 is 12.0 Å². The summed E-state index contributed by atoms with van der Waals surface area (Å²) >= 11 is 0. The summed E-state index contributed by atoms with van der Waals surface area (Å²) in [6, 6.07) is 4.31. The zero-order valence-corrected chi connectivity index (χ0v) is 11.6. The van der Waals surface area contributed by atoms with Gasteiger partial charge < -0.3 is 15.2 Å². The number of ether oxygens (including phenoxy) is 2. The van der Waals surface area contributed by atoms with Gasteiger partial charge in [0.2, 0.25) is 0 Å². The van der Waals surface area contributed by atoms with E-state index in [2.05, 4.69) is 0 Å². The largest absolute Gasteiger partial charge is 0.422 e. The number of aryl methyl sites for hydroxylation is 1. The fraction of sp³-hybridized carbons (Fsp3) is 0.429. The number of hydrogen-bond donors (Lipinski definition) is 1. The van der Waals surface area contributed by atoms with Gasteiger partial charge in [-0.2, -0.15) is 0 Å². The lowest BCUT2D eigenvalue weighted by molar-refractivity contribution is -0.139. The van der Waals surface area contributed by atoms with Crippen LogP contribution in [0.15, 0.2) is 18.2 Å². The Morgan fingerprint density at radius 2 is 1.74 bits per heavy atom. The van der Waals surface area contributed by atoms with E-state index in [4.69, 9.17) is 15.2 Å². The van der Waals surface area contributed by atoms with E-state index >= 15 is 0 Å². The predicted molar refractivity (Wildman–Crippen MR) is 70.9 cm³/mol. The fourth-order valence-electron chi connectivity index (χ4n) is 1.26. The smallest absolute Gasteiger partial charge is 0.328 e. The first-order valence-corrected chi connectivity index (χ1v) is 6.11. The number of benzene rings is 1. The number of rotatable bonds is 4. The average Bonchev–Trinajstić information content (AvgIpc) is 2.32. The Morgan fingerprint density at radius 1 is 1.11 bits per heavy atom. The Morgan fingerprint density at radius 3 is 2.26 bits per heavy atom. The zero-order chi connectivity index (χ0) is 14.6. The number of carbonyl (C=O) groups excluding carboxylic acids is 2. The Kier molecular flexibility index (Phi) is 5.06. The summed E-state index contributed by atoms with van der Waals surface area (Å²) in [7, 11) is 0. The number of nitrogens with two attached hydrogens (primary N) is 1. The number of hydrogen-bond acceptors (Lipinski definition) is 5. The van der Waals surface area contributed by atoms with E-state index in [1.54, 1.807) is 39.0 Å². The van der Waals surface area contributed by atoms with Gasteiger partial charge in [0.15, 0.2) is 11.5 Å². The lowest BCUT2D eigenvalue weighted by Gasteiger charge is -2.14. The third-order valence-corrected chi connectivity index (χ3v) is 2.43. The summed E-state index contributed by atoms with van der Waals surface area (Å²) in [5.74, 6) is -0.761. The Hall–Kier alpha value is -1.88. The lowest BCUT2D eigenvalue weighted by atomic mass is 10.2. The maximum atomic E-state index is 11.6. The van der Waals surface area contributed by atoms with Crippen LogP contribution in [0.3, 0.4) is 0 Å². The molecule has 0 aliphatic heterocycles. The molecule has 104 valence electrons.